The summed E-state index contributed by atoms with van der Waals surface area (Å²) in [5, 5.41) is 31.1. The van der Waals surface area contributed by atoms with Gasteiger partial charge in [-0.25, -0.2) is 9.59 Å². The normalized spacial score (nSPS) is 22.4. The van der Waals surface area contributed by atoms with Crippen molar-refractivity contribution in [3.8, 4) is 5.75 Å². The molecule has 1 fully saturated rings. The van der Waals surface area contributed by atoms with E-state index in [1.54, 1.807) is 6.07 Å². The number of carboxylic acid groups (broad SMARTS) is 2. The van der Waals surface area contributed by atoms with Crippen LogP contribution >= 0.6 is 0 Å². The van der Waals surface area contributed by atoms with Crippen molar-refractivity contribution < 1.29 is 56.0 Å². The summed E-state index contributed by atoms with van der Waals surface area (Å²) < 4.78 is 63.5. The van der Waals surface area contributed by atoms with Crippen molar-refractivity contribution in [3.05, 3.63) is 29.3 Å². The highest BCUT2D eigenvalue weighted by molar-refractivity contribution is 5.83. The van der Waals surface area contributed by atoms with Gasteiger partial charge in [-0.2, -0.15) is 26.3 Å². The molecule has 45 heavy (non-hydrogen) atoms. The van der Waals surface area contributed by atoms with Crippen molar-refractivity contribution in [1.82, 2.24) is 10.6 Å². The Hall–Kier alpha value is -3.07. The molecule has 2 aliphatic carbocycles. The first-order chi connectivity index (χ1) is 20.8. The lowest BCUT2D eigenvalue weighted by molar-refractivity contribution is -0.193. The quantitative estimate of drug-likeness (QED) is 0.138. The van der Waals surface area contributed by atoms with E-state index in [-0.39, 0.29) is 16.7 Å². The number of nitrogens with two attached hydrogens (primary N) is 1. The summed E-state index contributed by atoms with van der Waals surface area (Å²) in [5.41, 5.74) is 7.75. The van der Waals surface area contributed by atoms with Gasteiger partial charge >= 0.3 is 24.3 Å². The Labute approximate surface area is 258 Å². The van der Waals surface area contributed by atoms with Crippen molar-refractivity contribution >= 4 is 17.8 Å². The van der Waals surface area contributed by atoms with Crippen molar-refractivity contribution in [3.63, 3.8) is 0 Å². The first-order valence-electron chi connectivity index (χ1n) is 14.9. The number of carbonyl (C=O) groups is 3. The van der Waals surface area contributed by atoms with E-state index in [1.165, 1.54) is 30.4 Å². The molecule has 0 aromatic heterocycles. The molecule has 1 saturated carbocycles. The first-order valence-corrected chi connectivity index (χ1v) is 14.9. The highest BCUT2D eigenvalue weighted by Crippen LogP contribution is 2.57. The number of amides is 1. The number of aromatic hydroxyl groups is 1. The van der Waals surface area contributed by atoms with Crippen LogP contribution in [0.2, 0.25) is 0 Å². The topological polar surface area (TPSA) is 162 Å². The maximum Gasteiger partial charge on any atom is 0.490 e. The fraction of sp³-hybridized carbons (Fsp3) is 0.700. The van der Waals surface area contributed by atoms with Gasteiger partial charge in [0.25, 0.3) is 0 Å². The zero-order valence-electron chi connectivity index (χ0n) is 25.6. The number of hydrogen-bond acceptors (Lipinski definition) is 6. The second-order valence-corrected chi connectivity index (χ2v) is 11.8. The van der Waals surface area contributed by atoms with Crippen LogP contribution in [0.25, 0.3) is 0 Å². The van der Waals surface area contributed by atoms with E-state index < -0.39 is 24.3 Å². The number of phenols is 1. The molecule has 0 spiro atoms. The van der Waals surface area contributed by atoms with Gasteiger partial charge in [0.15, 0.2) is 0 Å². The standard InChI is InChI=1S/C26H43N3O2.2C2HF3O2/c1-25-13-7-14-26(2,23(25)12-10-20-9-11-21(30)19-22(20)25)24(31)29-18-8-17-28-16-6-4-3-5-15-27;2*3-2(4,5)1(6)7/h9,11,19,23,28,30H,3-8,10,12-18,27H2,1-2H3,(H,29,31);2*(H,6,7)/t23-,25-,26+;;/m1../s1. The summed E-state index contributed by atoms with van der Waals surface area (Å²) in [6.45, 7) is 8.01. The number of benzene rings is 1. The molecule has 0 radical (unpaired) electrons. The van der Waals surface area contributed by atoms with Crippen molar-refractivity contribution in [2.45, 2.75) is 95.8 Å². The number of alkyl halides is 6. The van der Waals surface area contributed by atoms with Crippen molar-refractivity contribution in [2.24, 2.45) is 17.1 Å². The van der Waals surface area contributed by atoms with Crippen LogP contribution in [-0.4, -0.2) is 71.7 Å². The lowest BCUT2D eigenvalue weighted by Crippen LogP contribution is -2.55. The van der Waals surface area contributed by atoms with Gasteiger partial charge in [-0.05, 0) is 99.2 Å². The summed E-state index contributed by atoms with van der Waals surface area (Å²) in [5.74, 6) is -4.65. The molecule has 0 unspecified atom stereocenters. The Morgan fingerprint density at radius 2 is 1.44 bits per heavy atom. The molecule has 258 valence electrons. The van der Waals surface area contributed by atoms with Crippen LogP contribution in [0.15, 0.2) is 18.2 Å². The number of fused-ring (bicyclic) bond motifs is 3. The number of unbranched alkanes of at least 4 members (excludes halogenated alkanes) is 3. The van der Waals surface area contributed by atoms with Gasteiger partial charge in [-0.15, -0.1) is 0 Å². The number of hydrogen-bond donors (Lipinski definition) is 6. The van der Waals surface area contributed by atoms with Gasteiger partial charge in [-0.3, -0.25) is 4.79 Å². The van der Waals surface area contributed by atoms with Crippen LogP contribution < -0.4 is 16.4 Å². The number of aliphatic carboxylic acids is 2. The average Bonchev–Trinajstić information content (AvgIpc) is 2.93. The van der Waals surface area contributed by atoms with Gasteiger partial charge in [0.2, 0.25) is 5.91 Å². The fourth-order valence-electron chi connectivity index (χ4n) is 6.21. The van der Waals surface area contributed by atoms with E-state index in [4.69, 9.17) is 25.5 Å². The van der Waals surface area contributed by atoms with E-state index in [0.29, 0.717) is 11.7 Å². The maximum absolute atomic E-state index is 13.3. The van der Waals surface area contributed by atoms with Crippen molar-refractivity contribution in [2.75, 3.05) is 26.2 Å². The molecule has 0 aliphatic heterocycles. The number of rotatable bonds is 11. The minimum absolute atomic E-state index is 0.0396. The molecule has 9 nitrogen and oxygen atoms in total. The van der Waals surface area contributed by atoms with Gasteiger partial charge in [-0.1, -0.05) is 39.2 Å². The predicted octanol–water partition coefficient (Wildman–Crippen LogP) is 5.28. The molecule has 0 saturated heterocycles. The monoisotopic (exact) mass is 657 g/mol. The van der Waals surface area contributed by atoms with Crippen LogP contribution in [0.5, 0.6) is 5.75 Å². The van der Waals surface area contributed by atoms with Gasteiger partial charge in [0.05, 0.1) is 5.41 Å². The Bertz CT molecular complexity index is 1090. The predicted molar refractivity (Wildman–Crippen MR) is 155 cm³/mol. The fourth-order valence-corrected chi connectivity index (χ4v) is 6.21. The summed E-state index contributed by atoms with van der Waals surface area (Å²) in [6.07, 6.45) is 0.704. The number of halogens is 6. The van der Waals surface area contributed by atoms with Gasteiger partial charge < -0.3 is 31.7 Å². The maximum atomic E-state index is 13.3. The minimum Gasteiger partial charge on any atom is -0.508 e. The Kier molecular flexibility index (Phi) is 15.6. The molecular formula is C30H45F6N3O6. The smallest absolute Gasteiger partial charge is 0.490 e. The summed E-state index contributed by atoms with van der Waals surface area (Å²) in [6, 6.07) is 5.82. The van der Waals surface area contributed by atoms with Crippen LogP contribution in [-0.2, 0) is 26.2 Å². The highest BCUT2D eigenvalue weighted by Gasteiger charge is 2.54. The molecule has 0 bridgehead atoms. The third kappa shape index (κ3) is 12.3. The summed E-state index contributed by atoms with van der Waals surface area (Å²) in [4.78, 5) is 31.1. The lowest BCUT2D eigenvalue weighted by Gasteiger charge is -2.54. The number of carboxylic acids is 2. The average molecular weight is 658 g/mol. The Morgan fingerprint density at radius 3 is 2.00 bits per heavy atom. The third-order valence-electron chi connectivity index (χ3n) is 8.47. The molecule has 1 amide bonds. The number of nitrogens with one attached hydrogen (secondary N) is 2. The molecule has 15 heteroatoms. The first kappa shape index (κ1) is 40.0. The van der Waals surface area contributed by atoms with Crippen molar-refractivity contribution in [1.29, 1.82) is 0 Å². The zero-order chi connectivity index (χ0) is 34.5. The molecule has 3 atom stereocenters. The number of phenolic OH excluding ortho intramolecular Hbond substituents is 1. The molecule has 0 heterocycles. The van der Waals surface area contributed by atoms with E-state index in [9.17, 15) is 36.2 Å². The number of carbonyl (C=O) groups excluding carboxylic acids is 1. The largest absolute Gasteiger partial charge is 0.508 e. The van der Waals surface area contributed by atoms with Gasteiger partial charge in [0.1, 0.15) is 5.75 Å². The highest BCUT2D eigenvalue weighted by atomic mass is 19.4. The van der Waals surface area contributed by atoms with Crippen LogP contribution in [0, 0.1) is 11.3 Å². The van der Waals surface area contributed by atoms with E-state index in [1.807, 2.05) is 6.07 Å². The Morgan fingerprint density at radius 1 is 0.889 bits per heavy atom. The summed E-state index contributed by atoms with van der Waals surface area (Å²) in [7, 11) is 0. The lowest BCUT2D eigenvalue weighted by atomic mass is 9.49. The Balaban J connectivity index is 0.000000601. The second-order valence-electron chi connectivity index (χ2n) is 11.8. The third-order valence-corrected chi connectivity index (χ3v) is 8.47. The van der Waals surface area contributed by atoms with E-state index >= 15 is 0 Å². The summed E-state index contributed by atoms with van der Waals surface area (Å²) >= 11 is 0. The van der Waals surface area contributed by atoms with Crippen LogP contribution in [0.3, 0.4) is 0 Å². The molecule has 1 aromatic rings. The van der Waals surface area contributed by atoms with E-state index in [2.05, 4.69) is 30.5 Å². The molecule has 3 rings (SSSR count). The van der Waals surface area contributed by atoms with E-state index in [0.717, 1.165) is 71.1 Å². The molecule has 2 aliphatic rings. The van der Waals surface area contributed by atoms with Gasteiger partial charge in [0, 0.05) is 6.54 Å². The molecule has 7 N–H and O–H groups in total. The van der Waals surface area contributed by atoms with Crippen LogP contribution in [0.4, 0.5) is 26.3 Å². The van der Waals surface area contributed by atoms with Crippen LogP contribution in [0.1, 0.15) is 82.8 Å². The SMILES string of the molecule is C[C@]1(C(=O)NCCCNCCCCCCN)CCC[C@]2(C)c3cc(O)ccc3CC[C@@H]12.O=C(O)C(F)(F)F.O=C(O)C(F)(F)F. The zero-order valence-corrected chi connectivity index (χ0v) is 25.6. The molecular weight excluding hydrogens is 612 g/mol. The number of aryl methyl sites for hydroxylation is 1. The minimum atomic E-state index is -5.08. The molecule has 1 aromatic carbocycles. The second kappa shape index (κ2) is 17.6.